The maximum atomic E-state index is 12.0. The summed E-state index contributed by atoms with van der Waals surface area (Å²) in [5.41, 5.74) is 1.44. The van der Waals surface area contributed by atoms with E-state index in [1.165, 1.54) is 6.20 Å². The number of nitrogens with zero attached hydrogens (tertiary/aromatic N) is 2. The zero-order valence-electron chi connectivity index (χ0n) is 14.3. The maximum absolute atomic E-state index is 12.0. The average Bonchev–Trinajstić information content (AvgIpc) is 3.04. The van der Waals surface area contributed by atoms with Crippen LogP contribution in [0.15, 0.2) is 42.7 Å². The maximum Gasteiger partial charge on any atom is 0.313 e. The average molecular weight is 362 g/mol. The molecule has 0 aliphatic heterocycles. The van der Waals surface area contributed by atoms with Gasteiger partial charge in [-0.05, 0) is 19.4 Å². The van der Waals surface area contributed by atoms with Gasteiger partial charge in [-0.3, -0.25) is 18.5 Å². The second-order valence-electron chi connectivity index (χ2n) is 5.79. The molecular formula is C17H22N4O3S. The molecule has 1 aromatic heterocycles. The molecule has 0 saturated carbocycles. The van der Waals surface area contributed by atoms with Crippen molar-refractivity contribution in [2.75, 3.05) is 17.6 Å². The van der Waals surface area contributed by atoms with Crippen LogP contribution in [0.25, 0.3) is 0 Å². The molecule has 0 spiro atoms. The number of anilines is 1. The standard InChI is InChI=1S/C17H22N4O3S/c1-13(2)21-11-15(10-19-21)20-17(23)16(22)18-8-9-25(24)12-14-6-4-3-5-7-14/h3-7,10-11,13H,8-9,12H2,1-2H3,(H,18,22)(H,20,23)/t25-/m1/s1. The van der Waals surface area contributed by atoms with E-state index in [1.54, 1.807) is 10.9 Å². The zero-order valence-corrected chi connectivity index (χ0v) is 15.1. The van der Waals surface area contributed by atoms with E-state index in [0.29, 0.717) is 17.2 Å². The van der Waals surface area contributed by atoms with Crippen LogP contribution in [-0.4, -0.2) is 38.1 Å². The SMILES string of the molecule is CC(C)n1cc(NC(=O)C(=O)NCC[S@@](=O)Cc2ccccc2)cn1. The van der Waals surface area contributed by atoms with Gasteiger partial charge in [-0.1, -0.05) is 30.3 Å². The highest BCUT2D eigenvalue weighted by Crippen LogP contribution is 2.09. The topological polar surface area (TPSA) is 93.1 Å². The van der Waals surface area contributed by atoms with Crippen LogP contribution in [0.3, 0.4) is 0 Å². The molecule has 1 heterocycles. The molecule has 0 bridgehead atoms. The Morgan fingerprint density at radius 2 is 1.92 bits per heavy atom. The normalized spacial score (nSPS) is 12.0. The Hall–Kier alpha value is -2.48. The van der Waals surface area contributed by atoms with Crippen LogP contribution in [0, 0.1) is 0 Å². The summed E-state index contributed by atoms with van der Waals surface area (Å²) in [5.74, 6) is -0.803. The summed E-state index contributed by atoms with van der Waals surface area (Å²) in [6, 6.07) is 9.65. The van der Waals surface area contributed by atoms with Gasteiger partial charge in [0.05, 0.1) is 11.9 Å². The lowest BCUT2D eigenvalue weighted by Gasteiger charge is -2.06. The fourth-order valence-electron chi connectivity index (χ4n) is 2.06. The molecule has 1 aromatic carbocycles. The Balaban J connectivity index is 1.72. The lowest BCUT2D eigenvalue weighted by Crippen LogP contribution is -2.37. The highest BCUT2D eigenvalue weighted by atomic mass is 32.2. The van der Waals surface area contributed by atoms with Gasteiger partial charge >= 0.3 is 11.8 Å². The summed E-state index contributed by atoms with van der Waals surface area (Å²) in [6.45, 7) is 4.10. The van der Waals surface area contributed by atoms with Crippen molar-refractivity contribution in [3.05, 3.63) is 48.3 Å². The summed E-state index contributed by atoms with van der Waals surface area (Å²) < 4.78 is 13.7. The first-order valence-electron chi connectivity index (χ1n) is 7.98. The number of hydrogen-bond acceptors (Lipinski definition) is 4. The Bertz CT molecular complexity index is 743. The summed E-state index contributed by atoms with van der Waals surface area (Å²) in [6.07, 6.45) is 3.14. The van der Waals surface area contributed by atoms with Crippen molar-refractivity contribution in [3.63, 3.8) is 0 Å². The quantitative estimate of drug-likeness (QED) is 0.730. The number of carbonyl (C=O) groups is 2. The minimum Gasteiger partial charge on any atom is -0.347 e. The second-order valence-corrected chi connectivity index (χ2v) is 7.36. The molecule has 2 rings (SSSR count). The van der Waals surface area contributed by atoms with Crippen molar-refractivity contribution in [1.82, 2.24) is 15.1 Å². The third-order valence-corrected chi connectivity index (χ3v) is 4.70. The second kappa shape index (κ2) is 9.12. The van der Waals surface area contributed by atoms with E-state index >= 15 is 0 Å². The van der Waals surface area contributed by atoms with Crippen molar-refractivity contribution in [3.8, 4) is 0 Å². The monoisotopic (exact) mass is 362 g/mol. The fraction of sp³-hybridized carbons (Fsp3) is 0.353. The Labute approximate surface area is 149 Å². The largest absolute Gasteiger partial charge is 0.347 e. The third kappa shape index (κ3) is 6.15. The molecule has 25 heavy (non-hydrogen) atoms. The van der Waals surface area contributed by atoms with Gasteiger partial charge in [0.15, 0.2) is 0 Å². The first-order valence-corrected chi connectivity index (χ1v) is 9.46. The predicted molar refractivity (Wildman–Crippen MR) is 97.4 cm³/mol. The van der Waals surface area contributed by atoms with Crippen LogP contribution < -0.4 is 10.6 Å². The summed E-state index contributed by atoms with van der Waals surface area (Å²) in [7, 11) is -1.10. The molecule has 134 valence electrons. The molecule has 7 nitrogen and oxygen atoms in total. The summed E-state index contributed by atoms with van der Waals surface area (Å²) >= 11 is 0. The fourth-order valence-corrected chi connectivity index (χ4v) is 3.10. The molecule has 0 fully saturated rings. The summed E-state index contributed by atoms with van der Waals surface area (Å²) in [5, 5.41) is 9.05. The summed E-state index contributed by atoms with van der Waals surface area (Å²) in [4.78, 5) is 23.6. The van der Waals surface area contributed by atoms with Gasteiger partial charge in [0.25, 0.3) is 0 Å². The molecule has 1 atom stereocenters. The number of amides is 2. The molecule has 2 amide bonds. The van der Waals surface area contributed by atoms with E-state index < -0.39 is 22.6 Å². The number of carbonyl (C=O) groups excluding carboxylic acids is 2. The van der Waals surface area contributed by atoms with Gasteiger partial charge in [-0.2, -0.15) is 5.10 Å². The van der Waals surface area contributed by atoms with Crippen molar-refractivity contribution in [1.29, 1.82) is 0 Å². The van der Waals surface area contributed by atoms with Gasteiger partial charge < -0.3 is 10.6 Å². The number of aromatic nitrogens is 2. The van der Waals surface area contributed by atoms with Crippen LogP contribution in [0.2, 0.25) is 0 Å². The van der Waals surface area contributed by atoms with E-state index in [9.17, 15) is 13.8 Å². The third-order valence-electron chi connectivity index (χ3n) is 3.38. The minimum atomic E-state index is -1.10. The number of nitrogens with one attached hydrogen (secondary N) is 2. The number of hydrogen-bond donors (Lipinski definition) is 2. The first-order chi connectivity index (χ1) is 12.0. The smallest absolute Gasteiger partial charge is 0.313 e. The Morgan fingerprint density at radius 1 is 1.20 bits per heavy atom. The van der Waals surface area contributed by atoms with E-state index in [0.717, 1.165) is 5.56 Å². The van der Waals surface area contributed by atoms with Gasteiger partial charge in [-0.15, -0.1) is 0 Å². The zero-order chi connectivity index (χ0) is 18.2. The van der Waals surface area contributed by atoms with Crippen LogP contribution in [0.5, 0.6) is 0 Å². The minimum absolute atomic E-state index is 0.166. The number of benzene rings is 1. The van der Waals surface area contributed by atoms with E-state index in [2.05, 4.69) is 15.7 Å². The molecule has 0 aliphatic rings. The van der Waals surface area contributed by atoms with Crippen molar-refractivity contribution in [2.45, 2.75) is 25.6 Å². The van der Waals surface area contributed by atoms with E-state index in [-0.39, 0.29) is 12.6 Å². The lowest BCUT2D eigenvalue weighted by molar-refractivity contribution is -0.136. The van der Waals surface area contributed by atoms with Gasteiger partial charge in [0.2, 0.25) is 0 Å². The van der Waals surface area contributed by atoms with Crippen LogP contribution >= 0.6 is 0 Å². The molecule has 2 N–H and O–H groups in total. The molecule has 2 aromatic rings. The van der Waals surface area contributed by atoms with Gasteiger partial charge in [0, 0.05) is 41.1 Å². The van der Waals surface area contributed by atoms with Crippen LogP contribution in [0.4, 0.5) is 5.69 Å². The molecule has 0 saturated heterocycles. The van der Waals surface area contributed by atoms with E-state index in [4.69, 9.17) is 0 Å². The van der Waals surface area contributed by atoms with Gasteiger partial charge in [0.1, 0.15) is 0 Å². The van der Waals surface area contributed by atoms with E-state index in [1.807, 2.05) is 44.2 Å². The van der Waals surface area contributed by atoms with Crippen molar-refractivity contribution in [2.24, 2.45) is 0 Å². The molecule has 0 unspecified atom stereocenters. The van der Waals surface area contributed by atoms with Crippen molar-refractivity contribution < 1.29 is 13.8 Å². The molecule has 0 aliphatic carbocycles. The first kappa shape index (κ1) is 18.9. The predicted octanol–water partition coefficient (Wildman–Crippen LogP) is 1.47. The van der Waals surface area contributed by atoms with Gasteiger partial charge in [-0.25, -0.2) is 0 Å². The number of rotatable bonds is 7. The highest BCUT2D eigenvalue weighted by Gasteiger charge is 2.15. The molecular weight excluding hydrogens is 340 g/mol. The van der Waals surface area contributed by atoms with Crippen LogP contribution in [0.1, 0.15) is 25.5 Å². The lowest BCUT2D eigenvalue weighted by atomic mass is 10.2. The van der Waals surface area contributed by atoms with Crippen LogP contribution in [-0.2, 0) is 26.1 Å². The Kier molecular flexibility index (Phi) is 6.88. The van der Waals surface area contributed by atoms with Crippen molar-refractivity contribution >= 4 is 28.3 Å². The molecule has 8 heteroatoms. The highest BCUT2D eigenvalue weighted by molar-refractivity contribution is 7.84. The molecule has 0 radical (unpaired) electrons. The Morgan fingerprint density at radius 3 is 2.56 bits per heavy atom.